The molecule has 1 aliphatic heterocycles. The fourth-order valence-corrected chi connectivity index (χ4v) is 2.70. The Balaban J connectivity index is 1.73. The molecule has 8 heteroatoms. The third-order valence-corrected chi connectivity index (χ3v) is 4.26. The summed E-state index contributed by atoms with van der Waals surface area (Å²) in [4.78, 5) is 12.2. The van der Waals surface area contributed by atoms with Crippen LogP contribution in [-0.2, 0) is 9.47 Å². The molecule has 122 valence electrons. The van der Waals surface area contributed by atoms with Gasteiger partial charge in [0.2, 0.25) is 5.82 Å². The first-order valence-corrected chi connectivity index (χ1v) is 7.41. The highest BCUT2D eigenvalue weighted by Gasteiger charge is 2.45. The molecule has 0 bridgehead atoms. The number of hydrogen-bond acceptors (Lipinski definition) is 7. The zero-order valence-electron chi connectivity index (χ0n) is 12.8. The van der Waals surface area contributed by atoms with E-state index in [-0.39, 0.29) is 11.8 Å². The predicted octanol–water partition coefficient (Wildman–Crippen LogP) is 1.09. The molecule has 5 atom stereocenters. The summed E-state index contributed by atoms with van der Waals surface area (Å²) in [6.45, 7) is 3.83. The van der Waals surface area contributed by atoms with E-state index in [0.29, 0.717) is 11.4 Å². The van der Waals surface area contributed by atoms with Crippen LogP contribution in [0.2, 0.25) is 0 Å². The zero-order chi connectivity index (χ0) is 16.4. The quantitative estimate of drug-likeness (QED) is 0.815. The van der Waals surface area contributed by atoms with Crippen LogP contribution in [0.3, 0.4) is 0 Å². The Morgan fingerprint density at radius 2 is 2.00 bits per heavy atom. The second-order valence-electron chi connectivity index (χ2n) is 5.67. The van der Waals surface area contributed by atoms with Crippen molar-refractivity contribution in [2.75, 3.05) is 0 Å². The maximum absolute atomic E-state index is 12.2. The van der Waals surface area contributed by atoms with Crippen LogP contribution in [0.4, 0.5) is 0 Å². The normalized spacial score (nSPS) is 30.8. The van der Waals surface area contributed by atoms with Crippen molar-refractivity contribution in [3.8, 4) is 0 Å². The van der Waals surface area contributed by atoms with Crippen LogP contribution in [0, 0.1) is 11.8 Å². The van der Waals surface area contributed by atoms with Gasteiger partial charge in [0, 0.05) is 5.92 Å². The van der Waals surface area contributed by atoms with Gasteiger partial charge in [-0.2, -0.15) is 5.21 Å². The summed E-state index contributed by atoms with van der Waals surface area (Å²) in [5, 5.41) is 23.9. The number of aliphatic hydroxyl groups is 1. The fourth-order valence-electron chi connectivity index (χ4n) is 2.70. The number of rotatable bonds is 3. The van der Waals surface area contributed by atoms with Gasteiger partial charge in [-0.1, -0.05) is 37.3 Å². The topological polar surface area (TPSA) is 110 Å². The number of ether oxygens (including phenoxy) is 2. The molecular weight excluding hydrogens is 300 g/mol. The number of aromatic nitrogens is 4. The Hall–Kier alpha value is -2.32. The lowest BCUT2D eigenvalue weighted by molar-refractivity contribution is -0.253. The van der Waals surface area contributed by atoms with E-state index in [4.69, 9.17) is 9.47 Å². The minimum atomic E-state index is -1.25. The molecule has 3 unspecified atom stereocenters. The first-order chi connectivity index (χ1) is 11.1. The van der Waals surface area contributed by atoms with Crippen LogP contribution in [0.25, 0.3) is 0 Å². The Morgan fingerprint density at radius 1 is 1.26 bits per heavy atom. The predicted molar refractivity (Wildman–Crippen MR) is 78.0 cm³/mol. The number of H-pyrrole nitrogens is 1. The summed E-state index contributed by atoms with van der Waals surface area (Å²) in [5.41, 5.74) is 0.430. The standard InChI is InChI=1S/C15H18N4O4/c1-8-9(2)12(23-14(20)10-6-4-3-5-7-10)15(21)22-11(8)13-16-18-19-17-13/h3-9,11-12,15,21H,1-2H3,(H,16,17,18,19)/t8-,9+,11?,12?,15?/m1/s1. The minimum absolute atomic E-state index is 0.0652. The Kier molecular flexibility index (Phi) is 4.35. The van der Waals surface area contributed by atoms with Crippen molar-refractivity contribution in [3.05, 3.63) is 41.7 Å². The maximum atomic E-state index is 12.2. The van der Waals surface area contributed by atoms with E-state index < -0.39 is 24.5 Å². The average Bonchev–Trinajstić information content (AvgIpc) is 3.10. The average molecular weight is 318 g/mol. The van der Waals surface area contributed by atoms with Gasteiger partial charge in [0.25, 0.3) is 0 Å². The van der Waals surface area contributed by atoms with Crippen LogP contribution in [0.1, 0.15) is 36.1 Å². The Bertz CT molecular complexity index is 649. The maximum Gasteiger partial charge on any atom is 0.338 e. The molecule has 2 N–H and O–H groups in total. The number of hydrogen-bond donors (Lipinski definition) is 2. The van der Waals surface area contributed by atoms with E-state index in [1.165, 1.54) is 0 Å². The highest BCUT2D eigenvalue weighted by molar-refractivity contribution is 5.89. The third kappa shape index (κ3) is 3.08. The first kappa shape index (κ1) is 15.6. The number of esters is 1. The van der Waals surface area contributed by atoms with Gasteiger partial charge in [0.05, 0.1) is 5.56 Å². The van der Waals surface area contributed by atoms with E-state index >= 15 is 0 Å². The van der Waals surface area contributed by atoms with Crippen molar-refractivity contribution in [1.29, 1.82) is 0 Å². The van der Waals surface area contributed by atoms with Crippen molar-refractivity contribution < 1.29 is 19.4 Å². The van der Waals surface area contributed by atoms with E-state index in [2.05, 4.69) is 20.6 Å². The Morgan fingerprint density at radius 3 is 2.65 bits per heavy atom. The van der Waals surface area contributed by atoms with Crippen molar-refractivity contribution in [2.24, 2.45) is 11.8 Å². The lowest BCUT2D eigenvalue weighted by Gasteiger charge is -2.40. The third-order valence-electron chi connectivity index (χ3n) is 4.26. The summed E-state index contributed by atoms with van der Waals surface area (Å²) >= 11 is 0. The minimum Gasteiger partial charge on any atom is -0.453 e. The molecule has 2 heterocycles. The number of nitrogens with zero attached hydrogens (tertiary/aromatic N) is 3. The zero-order valence-corrected chi connectivity index (χ0v) is 12.8. The molecule has 0 radical (unpaired) electrons. The molecule has 1 aliphatic rings. The van der Waals surface area contributed by atoms with Crippen molar-refractivity contribution in [3.63, 3.8) is 0 Å². The molecule has 8 nitrogen and oxygen atoms in total. The monoisotopic (exact) mass is 318 g/mol. The molecule has 2 aromatic rings. The fraction of sp³-hybridized carbons (Fsp3) is 0.467. The molecule has 1 aromatic carbocycles. The van der Waals surface area contributed by atoms with E-state index in [1.54, 1.807) is 24.3 Å². The summed E-state index contributed by atoms with van der Waals surface area (Å²) in [6.07, 6.45) is -2.52. The summed E-state index contributed by atoms with van der Waals surface area (Å²) in [5.74, 6) is -0.328. The van der Waals surface area contributed by atoms with Gasteiger partial charge in [-0.25, -0.2) is 4.79 Å². The number of carbonyl (C=O) groups is 1. The van der Waals surface area contributed by atoms with Gasteiger partial charge in [-0.15, -0.1) is 10.2 Å². The summed E-state index contributed by atoms with van der Waals surface area (Å²) < 4.78 is 11.0. The number of benzene rings is 1. The van der Waals surface area contributed by atoms with Gasteiger partial charge in [-0.3, -0.25) is 0 Å². The van der Waals surface area contributed by atoms with E-state index in [1.807, 2.05) is 19.9 Å². The molecule has 0 spiro atoms. The highest BCUT2D eigenvalue weighted by Crippen LogP contribution is 2.39. The molecule has 0 aliphatic carbocycles. The Labute approximate surface area is 132 Å². The van der Waals surface area contributed by atoms with Gasteiger partial charge in [0.15, 0.2) is 12.4 Å². The lowest BCUT2D eigenvalue weighted by atomic mass is 9.83. The van der Waals surface area contributed by atoms with Crippen molar-refractivity contribution in [2.45, 2.75) is 32.3 Å². The van der Waals surface area contributed by atoms with Gasteiger partial charge >= 0.3 is 5.97 Å². The van der Waals surface area contributed by atoms with Crippen LogP contribution < -0.4 is 0 Å². The van der Waals surface area contributed by atoms with Gasteiger partial charge < -0.3 is 14.6 Å². The second kappa shape index (κ2) is 6.43. The SMILES string of the molecule is C[C@@H]1C(OC(=O)c2ccccc2)C(O)OC(c2nn[nH]n2)[C@@H]1C. The summed E-state index contributed by atoms with van der Waals surface area (Å²) in [7, 11) is 0. The number of aromatic amines is 1. The molecule has 1 aromatic heterocycles. The molecule has 1 saturated heterocycles. The highest BCUT2D eigenvalue weighted by atomic mass is 16.7. The van der Waals surface area contributed by atoms with E-state index in [0.717, 1.165) is 0 Å². The van der Waals surface area contributed by atoms with Gasteiger partial charge in [0.1, 0.15) is 6.10 Å². The van der Waals surface area contributed by atoms with Crippen LogP contribution in [0.15, 0.2) is 30.3 Å². The number of carbonyl (C=O) groups excluding carboxylic acids is 1. The number of nitrogens with one attached hydrogen (secondary N) is 1. The van der Waals surface area contributed by atoms with Crippen molar-refractivity contribution in [1.82, 2.24) is 20.6 Å². The second-order valence-corrected chi connectivity index (χ2v) is 5.67. The smallest absolute Gasteiger partial charge is 0.338 e. The molecule has 1 fully saturated rings. The first-order valence-electron chi connectivity index (χ1n) is 7.41. The molecule has 0 saturated carbocycles. The van der Waals surface area contributed by atoms with Crippen LogP contribution in [0.5, 0.6) is 0 Å². The molecular formula is C15H18N4O4. The van der Waals surface area contributed by atoms with Gasteiger partial charge in [-0.05, 0) is 18.1 Å². The largest absolute Gasteiger partial charge is 0.453 e. The summed E-state index contributed by atoms with van der Waals surface area (Å²) in [6, 6.07) is 8.64. The molecule has 0 amide bonds. The molecule has 23 heavy (non-hydrogen) atoms. The van der Waals surface area contributed by atoms with E-state index in [9.17, 15) is 9.90 Å². The lowest BCUT2D eigenvalue weighted by Crippen LogP contribution is -2.48. The van der Waals surface area contributed by atoms with Crippen LogP contribution in [-0.4, -0.2) is 44.1 Å². The number of aliphatic hydroxyl groups excluding tert-OH is 1. The molecule has 3 rings (SSSR count). The van der Waals surface area contributed by atoms with Crippen molar-refractivity contribution >= 4 is 5.97 Å². The van der Waals surface area contributed by atoms with Crippen LogP contribution >= 0.6 is 0 Å². The number of tetrazole rings is 1.